The fourth-order valence-electron chi connectivity index (χ4n) is 4.11. The molecule has 1 saturated heterocycles. The number of esters is 3. The molecule has 0 aliphatic carbocycles. The number of nitrogens with one attached hydrogen (secondary N) is 4. The fourth-order valence-corrected chi connectivity index (χ4v) is 6.14. The molecule has 0 bridgehead atoms. The quantitative estimate of drug-likeness (QED) is 0.0723. The van der Waals surface area contributed by atoms with E-state index in [2.05, 4.69) is 26.0 Å². The zero-order valence-corrected chi connectivity index (χ0v) is 26.1. The number of β-lactam (4-membered cyclic amide) rings is 1. The molecule has 2 aliphatic heterocycles. The Kier molecular flexibility index (Phi) is 13.2. The number of hydrogen-bond acceptors (Lipinski definition) is 13. The molecule has 4 amide bonds. The monoisotopic (exact) mass is 653 g/mol. The molecule has 1 fully saturated rings. The molecule has 0 saturated carbocycles. The molecule has 1 aromatic rings. The molecule has 44 heavy (non-hydrogen) atoms. The number of carbonyl (C=O) groups is 7. The molecule has 0 radical (unpaired) electrons. The number of rotatable bonds is 16. The van der Waals surface area contributed by atoms with Crippen LogP contribution in [0.5, 0.6) is 0 Å². The third kappa shape index (κ3) is 9.78. The van der Waals surface area contributed by atoms with Crippen LogP contribution < -0.4 is 21.3 Å². The smallest absolute Gasteiger partial charge is 0.355 e. The second kappa shape index (κ2) is 16.8. The first-order valence-corrected chi connectivity index (χ1v) is 15.6. The molecule has 3 rings (SSSR count). The van der Waals surface area contributed by atoms with Crippen LogP contribution in [0.4, 0.5) is 0 Å². The van der Waals surface area contributed by atoms with Crippen LogP contribution in [0.1, 0.15) is 25.1 Å². The van der Waals surface area contributed by atoms with E-state index in [1.165, 1.54) is 42.0 Å². The summed E-state index contributed by atoms with van der Waals surface area (Å²) in [5, 5.41) is 11.8. The van der Waals surface area contributed by atoms with Gasteiger partial charge in [0.1, 0.15) is 30.3 Å². The highest BCUT2D eigenvalue weighted by Gasteiger charge is 2.54. The lowest BCUT2D eigenvalue weighted by atomic mass is 10.0. The third-order valence-electron chi connectivity index (χ3n) is 6.40. The summed E-state index contributed by atoms with van der Waals surface area (Å²) >= 11 is 2.78. The summed E-state index contributed by atoms with van der Waals surface area (Å²) in [6.45, 7) is 2.25. The van der Waals surface area contributed by atoms with Gasteiger partial charge in [-0.1, -0.05) is 6.07 Å². The topological polar surface area (TPSA) is 199 Å². The maximum Gasteiger partial charge on any atom is 0.355 e. The Hall–Kier alpha value is -3.96. The van der Waals surface area contributed by atoms with Crippen LogP contribution in [-0.2, 0) is 54.2 Å². The summed E-state index contributed by atoms with van der Waals surface area (Å²) in [4.78, 5) is 87.2. The Morgan fingerprint density at radius 3 is 2.55 bits per heavy atom. The summed E-state index contributed by atoms with van der Waals surface area (Å²) in [6.07, 6.45) is 0.463. The van der Waals surface area contributed by atoms with Crippen LogP contribution in [0, 0.1) is 0 Å². The average Bonchev–Trinajstić information content (AvgIpc) is 3.51. The predicted octanol–water partition coefficient (Wildman–Crippen LogP) is -1.18. The normalized spacial score (nSPS) is 17.9. The summed E-state index contributed by atoms with van der Waals surface area (Å²) in [5.74, 6) is -3.41. The molecule has 3 heterocycles. The van der Waals surface area contributed by atoms with E-state index in [0.29, 0.717) is 17.7 Å². The molecule has 240 valence electrons. The number of methoxy groups -OCH3 is 1. The van der Waals surface area contributed by atoms with Crippen molar-refractivity contribution in [3.63, 3.8) is 0 Å². The van der Waals surface area contributed by atoms with E-state index < -0.39 is 53.1 Å². The molecular weight excluding hydrogens is 618 g/mol. The Morgan fingerprint density at radius 2 is 1.86 bits per heavy atom. The molecule has 0 unspecified atom stereocenters. The van der Waals surface area contributed by atoms with Crippen molar-refractivity contribution in [1.82, 2.24) is 26.2 Å². The van der Waals surface area contributed by atoms with Crippen molar-refractivity contribution < 1.29 is 47.8 Å². The van der Waals surface area contributed by atoms with E-state index in [1.54, 1.807) is 6.92 Å². The first-order valence-electron chi connectivity index (χ1n) is 13.6. The van der Waals surface area contributed by atoms with Gasteiger partial charge >= 0.3 is 17.9 Å². The van der Waals surface area contributed by atoms with E-state index in [1.807, 2.05) is 17.5 Å². The number of thiophene rings is 1. The molecule has 15 nitrogen and oxygen atoms in total. The van der Waals surface area contributed by atoms with Gasteiger partial charge in [0.05, 0.1) is 32.7 Å². The lowest BCUT2D eigenvalue weighted by Crippen LogP contribution is -2.70. The van der Waals surface area contributed by atoms with Crippen LogP contribution in [0.15, 0.2) is 28.8 Å². The summed E-state index contributed by atoms with van der Waals surface area (Å²) in [6, 6.07) is 2.19. The second-order valence-electron chi connectivity index (χ2n) is 9.68. The molecule has 3 atom stereocenters. The average molecular weight is 654 g/mol. The highest BCUT2D eigenvalue weighted by atomic mass is 32.2. The van der Waals surface area contributed by atoms with Gasteiger partial charge in [-0.2, -0.15) is 0 Å². The Labute approximate surface area is 261 Å². The highest BCUT2D eigenvalue weighted by Crippen LogP contribution is 2.40. The van der Waals surface area contributed by atoms with Gasteiger partial charge in [-0.25, -0.2) is 4.79 Å². The number of amides is 4. The number of thioether (sulfide) groups is 1. The molecular formula is C27H35N5O10S2. The number of ether oxygens (including phenoxy) is 3. The summed E-state index contributed by atoms with van der Waals surface area (Å²) < 4.78 is 14.9. The van der Waals surface area contributed by atoms with E-state index in [-0.39, 0.29) is 50.9 Å². The van der Waals surface area contributed by atoms with Gasteiger partial charge < -0.3 is 35.5 Å². The van der Waals surface area contributed by atoms with Crippen LogP contribution in [-0.4, -0.2) is 110 Å². The van der Waals surface area contributed by atoms with Crippen molar-refractivity contribution in [2.24, 2.45) is 0 Å². The maximum atomic E-state index is 13.1. The molecule has 17 heteroatoms. The minimum Gasteiger partial charge on any atom is -0.468 e. The van der Waals surface area contributed by atoms with E-state index >= 15 is 0 Å². The largest absolute Gasteiger partial charge is 0.468 e. The fraction of sp³-hybridized carbons (Fsp3) is 0.519. The standard InChI is InChI=1S/C27H35N5O10S2/c1-15(24(37)30-11-20(35)29-12-21(36)40-3)28-7-5-8-41-27(39)23-17(13-42-16(2)33)14-44-26-22(25(38)32(23)26)31-19(34)10-18-6-4-9-43-18/h4,6,9,15,22,26,28H,5,7-8,10-14H2,1-3H3,(H,29,35)(H,30,37)(H,31,34)/t15-,22+,26+/m0/s1. The Morgan fingerprint density at radius 1 is 1.09 bits per heavy atom. The van der Waals surface area contributed by atoms with Gasteiger partial charge in [-0.05, 0) is 31.3 Å². The maximum absolute atomic E-state index is 13.1. The van der Waals surface area contributed by atoms with Crippen LogP contribution in [0.2, 0.25) is 0 Å². The van der Waals surface area contributed by atoms with Gasteiger partial charge in [0.15, 0.2) is 0 Å². The molecule has 1 aromatic heterocycles. The lowest BCUT2D eigenvalue weighted by molar-refractivity contribution is -0.153. The zero-order valence-electron chi connectivity index (χ0n) is 24.5. The number of fused-ring (bicyclic) bond motifs is 1. The predicted molar refractivity (Wildman–Crippen MR) is 158 cm³/mol. The van der Waals surface area contributed by atoms with Crippen molar-refractivity contribution in [3.05, 3.63) is 33.7 Å². The van der Waals surface area contributed by atoms with Crippen LogP contribution >= 0.6 is 23.1 Å². The summed E-state index contributed by atoms with van der Waals surface area (Å²) in [5.41, 5.74) is 0.414. The minimum atomic E-state index is -0.804. The molecule has 0 spiro atoms. The highest BCUT2D eigenvalue weighted by molar-refractivity contribution is 8.00. The number of nitrogens with zero attached hydrogens (tertiary/aromatic N) is 1. The van der Waals surface area contributed by atoms with E-state index in [0.717, 1.165) is 4.88 Å². The van der Waals surface area contributed by atoms with Crippen molar-refractivity contribution >= 4 is 64.6 Å². The van der Waals surface area contributed by atoms with Crippen molar-refractivity contribution in [3.8, 4) is 0 Å². The van der Waals surface area contributed by atoms with Gasteiger partial charge in [0.25, 0.3) is 5.91 Å². The van der Waals surface area contributed by atoms with E-state index in [4.69, 9.17) is 9.47 Å². The number of carbonyl (C=O) groups excluding carboxylic acids is 7. The SMILES string of the molecule is COC(=O)CNC(=O)CNC(=O)[C@H](C)NCCCOC(=O)C1=C(COC(C)=O)CS[C@@H]2[C@H](NC(=O)Cc3cccs3)C(=O)N12. The zero-order chi connectivity index (χ0) is 32.2. The number of hydrogen-bond donors (Lipinski definition) is 4. The molecule has 0 aromatic carbocycles. The third-order valence-corrected chi connectivity index (χ3v) is 8.62. The van der Waals surface area contributed by atoms with Crippen LogP contribution in [0.25, 0.3) is 0 Å². The first kappa shape index (κ1) is 34.5. The lowest BCUT2D eigenvalue weighted by Gasteiger charge is -2.49. The minimum absolute atomic E-state index is 0.00469. The Balaban J connectivity index is 1.47. The van der Waals surface area contributed by atoms with E-state index in [9.17, 15) is 33.6 Å². The molecule has 2 aliphatic rings. The van der Waals surface area contributed by atoms with Crippen LogP contribution in [0.3, 0.4) is 0 Å². The van der Waals surface area contributed by atoms with Gasteiger partial charge in [0, 0.05) is 23.1 Å². The van der Waals surface area contributed by atoms with Crippen molar-refractivity contribution in [1.29, 1.82) is 0 Å². The van der Waals surface area contributed by atoms with Crippen molar-refractivity contribution in [2.45, 2.75) is 44.1 Å². The van der Waals surface area contributed by atoms with Gasteiger partial charge in [0.2, 0.25) is 17.7 Å². The second-order valence-corrected chi connectivity index (χ2v) is 11.8. The Bertz CT molecular complexity index is 1290. The van der Waals surface area contributed by atoms with Gasteiger partial charge in [-0.15, -0.1) is 23.1 Å². The summed E-state index contributed by atoms with van der Waals surface area (Å²) in [7, 11) is 1.19. The first-order chi connectivity index (χ1) is 21.0. The van der Waals surface area contributed by atoms with Gasteiger partial charge in [-0.3, -0.25) is 33.7 Å². The molecule has 4 N–H and O–H groups in total. The van der Waals surface area contributed by atoms with Crippen molar-refractivity contribution in [2.75, 3.05) is 45.7 Å².